The normalized spacial score (nSPS) is 10.1. The Labute approximate surface area is 123 Å². The maximum absolute atomic E-state index is 12.0. The third-order valence-corrected chi connectivity index (χ3v) is 2.91. The van der Waals surface area contributed by atoms with Gasteiger partial charge in [0.25, 0.3) is 5.91 Å². The van der Waals surface area contributed by atoms with Crippen molar-refractivity contribution < 1.29 is 9.72 Å². The molecule has 102 valence electrons. The van der Waals surface area contributed by atoms with Gasteiger partial charge in [0.1, 0.15) is 16.4 Å². The van der Waals surface area contributed by atoms with Crippen molar-refractivity contribution in [1.29, 1.82) is 0 Å². The fourth-order valence-corrected chi connectivity index (χ4v) is 1.87. The third kappa shape index (κ3) is 3.04. The van der Waals surface area contributed by atoms with Crippen molar-refractivity contribution in [2.75, 3.05) is 5.32 Å². The summed E-state index contributed by atoms with van der Waals surface area (Å²) in [7, 11) is 0. The van der Waals surface area contributed by atoms with Crippen LogP contribution in [0.4, 0.5) is 11.5 Å². The number of nitrogens with one attached hydrogen (secondary N) is 1. The summed E-state index contributed by atoms with van der Waals surface area (Å²) in [4.78, 5) is 26.2. The van der Waals surface area contributed by atoms with Gasteiger partial charge in [-0.2, -0.15) is 0 Å². The maximum atomic E-state index is 12.0. The van der Waals surface area contributed by atoms with Gasteiger partial charge in [0.15, 0.2) is 0 Å². The van der Waals surface area contributed by atoms with Crippen LogP contribution in [0.2, 0.25) is 10.0 Å². The summed E-state index contributed by atoms with van der Waals surface area (Å²) in [6.45, 7) is 0. The molecule has 0 bridgehead atoms. The van der Waals surface area contributed by atoms with Crippen LogP contribution in [0.5, 0.6) is 0 Å². The van der Waals surface area contributed by atoms with Crippen LogP contribution in [-0.4, -0.2) is 15.8 Å². The standard InChI is InChI=1S/C12H7Cl2N3O3/c13-7-4-5-10(15-6-7)16-12(18)8-2-1-3-9(14)11(8)17(19)20/h1-6H,(H,15,16,18). The number of anilines is 1. The number of carbonyl (C=O) groups is 1. The number of nitro benzene ring substituents is 1. The molecule has 1 aromatic heterocycles. The Bertz CT molecular complexity index is 674. The van der Waals surface area contributed by atoms with Crippen molar-refractivity contribution in [1.82, 2.24) is 4.98 Å². The highest BCUT2D eigenvalue weighted by atomic mass is 35.5. The second-order valence-corrected chi connectivity index (χ2v) is 4.55. The van der Waals surface area contributed by atoms with Gasteiger partial charge in [0, 0.05) is 6.20 Å². The first-order valence-electron chi connectivity index (χ1n) is 5.35. The fraction of sp³-hybridized carbons (Fsp3) is 0. The molecule has 0 fully saturated rings. The van der Waals surface area contributed by atoms with Gasteiger partial charge in [0.05, 0.1) is 9.95 Å². The number of amides is 1. The second-order valence-electron chi connectivity index (χ2n) is 3.71. The van der Waals surface area contributed by atoms with Gasteiger partial charge >= 0.3 is 5.69 Å². The first-order chi connectivity index (χ1) is 9.49. The molecule has 0 radical (unpaired) electrons. The van der Waals surface area contributed by atoms with E-state index in [0.29, 0.717) is 5.02 Å². The van der Waals surface area contributed by atoms with Crippen molar-refractivity contribution >= 4 is 40.6 Å². The smallest absolute Gasteiger partial charge is 0.300 e. The molecule has 0 aliphatic heterocycles. The quantitative estimate of drug-likeness (QED) is 0.693. The highest BCUT2D eigenvalue weighted by Gasteiger charge is 2.23. The number of halogens is 2. The average molecular weight is 312 g/mol. The Morgan fingerprint density at radius 1 is 1.25 bits per heavy atom. The van der Waals surface area contributed by atoms with Gasteiger partial charge in [-0.15, -0.1) is 0 Å². The molecule has 0 unspecified atom stereocenters. The van der Waals surface area contributed by atoms with Crippen molar-refractivity contribution in [2.45, 2.75) is 0 Å². The van der Waals surface area contributed by atoms with E-state index in [-0.39, 0.29) is 16.4 Å². The topological polar surface area (TPSA) is 85.1 Å². The Morgan fingerprint density at radius 2 is 2.00 bits per heavy atom. The van der Waals surface area contributed by atoms with E-state index in [1.165, 1.54) is 36.5 Å². The number of pyridine rings is 1. The highest BCUT2D eigenvalue weighted by molar-refractivity contribution is 6.33. The average Bonchev–Trinajstić information content (AvgIpc) is 2.40. The molecule has 1 N–H and O–H groups in total. The summed E-state index contributed by atoms with van der Waals surface area (Å²) < 4.78 is 0. The van der Waals surface area contributed by atoms with Crippen LogP contribution in [0, 0.1) is 10.1 Å². The zero-order valence-corrected chi connectivity index (χ0v) is 11.4. The van der Waals surface area contributed by atoms with E-state index in [1.54, 1.807) is 0 Å². The van der Waals surface area contributed by atoms with Gasteiger partial charge in [0.2, 0.25) is 0 Å². The lowest BCUT2D eigenvalue weighted by molar-refractivity contribution is -0.385. The molecule has 20 heavy (non-hydrogen) atoms. The second kappa shape index (κ2) is 5.85. The minimum atomic E-state index is -0.702. The van der Waals surface area contributed by atoms with Crippen LogP contribution >= 0.6 is 23.2 Å². The molecule has 8 heteroatoms. The Balaban J connectivity index is 2.32. The van der Waals surface area contributed by atoms with E-state index in [9.17, 15) is 14.9 Å². The molecule has 0 saturated carbocycles. The molecule has 1 aromatic carbocycles. The summed E-state index contributed by atoms with van der Waals surface area (Å²) >= 11 is 11.4. The van der Waals surface area contributed by atoms with Crippen LogP contribution in [-0.2, 0) is 0 Å². The lowest BCUT2D eigenvalue weighted by Crippen LogP contribution is -2.14. The van der Waals surface area contributed by atoms with Crippen molar-refractivity contribution in [2.24, 2.45) is 0 Å². The molecule has 2 rings (SSSR count). The van der Waals surface area contributed by atoms with E-state index in [4.69, 9.17) is 23.2 Å². The van der Waals surface area contributed by atoms with E-state index in [2.05, 4.69) is 10.3 Å². The number of nitro groups is 1. The van der Waals surface area contributed by atoms with Crippen molar-refractivity contribution in [3.63, 3.8) is 0 Å². The van der Waals surface area contributed by atoms with Gasteiger partial charge in [-0.3, -0.25) is 14.9 Å². The summed E-state index contributed by atoms with van der Waals surface area (Å²) in [6.07, 6.45) is 1.35. The third-order valence-electron chi connectivity index (χ3n) is 2.38. The number of hydrogen-bond donors (Lipinski definition) is 1. The van der Waals surface area contributed by atoms with Gasteiger partial charge in [-0.25, -0.2) is 4.98 Å². The molecule has 0 atom stereocenters. The Hall–Kier alpha value is -2.18. The first kappa shape index (κ1) is 14.2. The number of carbonyl (C=O) groups excluding carboxylic acids is 1. The molecule has 0 aliphatic rings. The summed E-state index contributed by atoms with van der Waals surface area (Å²) in [5.74, 6) is -0.442. The number of rotatable bonds is 3. The number of aromatic nitrogens is 1. The zero-order chi connectivity index (χ0) is 14.7. The largest absolute Gasteiger partial charge is 0.306 e. The van der Waals surface area contributed by atoms with Crippen LogP contribution in [0.25, 0.3) is 0 Å². The Morgan fingerprint density at radius 3 is 2.60 bits per heavy atom. The Kier molecular flexibility index (Phi) is 4.16. The minimum Gasteiger partial charge on any atom is -0.306 e. The highest BCUT2D eigenvalue weighted by Crippen LogP contribution is 2.28. The van der Waals surface area contributed by atoms with Gasteiger partial charge in [-0.1, -0.05) is 29.3 Å². The van der Waals surface area contributed by atoms with Crippen LogP contribution in [0.3, 0.4) is 0 Å². The molecular formula is C12H7Cl2N3O3. The molecule has 2 aromatic rings. The van der Waals surface area contributed by atoms with Crippen LogP contribution < -0.4 is 5.32 Å². The molecule has 1 amide bonds. The van der Waals surface area contributed by atoms with Gasteiger partial charge < -0.3 is 5.32 Å². The monoisotopic (exact) mass is 311 g/mol. The lowest BCUT2D eigenvalue weighted by Gasteiger charge is -2.05. The van der Waals surface area contributed by atoms with Crippen molar-refractivity contribution in [3.05, 3.63) is 62.3 Å². The predicted molar refractivity (Wildman–Crippen MR) is 75.3 cm³/mol. The van der Waals surface area contributed by atoms with Crippen LogP contribution in [0.15, 0.2) is 36.5 Å². The maximum Gasteiger partial charge on any atom is 0.300 e. The molecule has 1 heterocycles. The summed E-state index contributed by atoms with van der Waals surface area (Å²) in [6, 6.07) is 7.14. The number of hydrogen-bond acceptors (Lipinski definition) is 4. The number of benzene rings is 1. The number of nitrogens with zero attached hydrogens (tertiary/aromatic N) is 2. The van der Waals surface area contributed by atoms with E-state index in [1.807, 2.05) is 0 Å². The summed E-state index contributed by atoms with van der Waals surface area (Å²) in [5, 5.41) is 13.7. The van der Waals surface area contributed by atoms with E-state index in [0.717, 1.165) is 0 Å². The fourth-order valence-electron chi connectivity index (χ4n) is 1.52. The van der Waals surface area contributed by atoms with Crippen LogP contribution in [0.1, 0.15) is 10.4 Å². The molecule has 6 nitrogen and oxygen atoms in total. The summed E-state index contributed by atoms with van der Waals surface area (Å²) in [5.41, 5.74) is -0.583. The SMILES string of the molecule is O=C(Nc1ccc(Cl)cn1)c1cccc(Cl)c1[N+](=O)[O-]. The molecule has 0 aliphatic carbocycles. The van der Waals surface area contributed by atoms with Crippen molar-refractivity contribution in [3.8, 4) is 0 Å². The minimum absolute atomic E-state index is 0.105. The predicted octanol–water partition coefficient (Wildman–Crippen LogP) is 3.55. The lowest BCUT2D eigenvalue weighted by atomic mass is 10.1. The molecule has 0 saturated heterocycles. The molecule has 0 spiro atoms. The first-order valence-corrected chi connectivity index (χ1v) is 6.10. The molecular weight excluding hydrogens is 305 g/mol. The number of para-hydroxylation sites is 1. The zero-order valence-electron chi connectivity index (χ0n) is 9.84. The van der Waals surface area contributed by atoms with E-state index < -0.39 is 16.5 Å². The van der Waals surface area contributed by atoms with Gasteiger partial charge in [-0.05, 0) is 24.3 Å². The van der Waals surface area contributed by atoms with E-state index >= 15 is 0 Å².